The second-order valence-corrected chi connectivity index (χ2v) is 4.67. The van der Waals surface area contributed by atoms with Crippen molar-refractivity contribution in [2.24, 2.45) is 5.73 Å². The van der Waals surface area contributed by atoms with E-state index in [4.69, 9.17) is 10.3 Å². The van der Waals surface area contributed by atoms with Gasteiger partial charge < -0.3 is 10.3 Å². The molecular weight excluding hydrogens is 228 g/mol. The van der Waals surface area contributed by atoms with Crippen LogP contribution in [-0.2, 0) is 11.8 Å². The summed E-state index contributed by atoms with van der Waals surface area (Å²) in [5, 5.41) is 4.00. The molecule has 2 aromatic rings. The van der Waals surface area contributed by atoms with E-state index in [0.717, 1.165) is 12.0 Å². The second kappa shape index (κ2) is 5.27. The highest BCUT2D eigenvalue weighted by Gasteiger charge is 2.29. The first-order valence-corrected chi connectivity index (χ1v) is 6.10. The van der Waals surface area contributed by atoms with Gasteiger partial charge in [-0.2, -0.15) is 4.98 Å². The highest BCUT2D eigenvalue weighted by Crippen LogP contribution is 2.24. The molecule has 0 saturated heterocycles. The molecule has 0 saturated carbocycles. The summed E-state index contributed by atoms with van der Waals surface area (Å²) in [5.41, 5.74) is 6.60. The first-order valence-electron chi connectivity index (χ1n) is 6.10. The van der Waals surface area contributed by atoms with Crippen molar-refractivity contribution in [3.8, 4) is 0 Å². The normalized spacial score (nSPS) is 14.4. The fraction of sp³-hybridized carbons (Fsp3) is 0.462. The molecule has 1 unspecified atom stereocenters. The van der Waals surface area contributed by atoms with Crippen LogP contribution in [0, 0.1) is 0 Å². The molecule has 0 fully saturated rings. The van der Waals surface area contributed by atoms with Crippen LogP contribution in [-0.4, -0.2) is 21.7 Å². The Balaban J connectivity index is 2.16. The van der Waals surface area contributed by atoms with Gasteiger partial charge in [-0.15, -0.1) is 0 Å². The smallest absolute Gasteiger partial charge is 0.233 e. The molecule has 96 valence electrons. The summed E-state index contributed by atoms with van der Waals surface area (Å²) in [4.78, 5) is 8.50. The lowest BCUT2D eigenvalue weighted by molar-refractivity contribution is 0.289. The average molecular weight is 246 g/mol. The van der Waals surface area contributed by atoms with Crippen molar-refractivity contribution in [1.82, 2.24) is 15.1 Å². The third-order valence-corrected chi connectivity index (χ3v) is 3.30. The van der Waals surface area contributed by atoms with Crippen LogP contribution in [0.2, 0.25) is 0 Å². The first-order chi connectivity index (χ1) is 8.68. The van der Waals surface area contributed by atoms with E-state index in [2.05, 4.69) is 22.0 Å². The summed E-state index contributed by atoms with van der Waals surface area (Å²) in [5.74, 6) is 1.29. The molecule has 0 spiro atoms. The monoisotopic (exact) mass is 246 g/mol. The third-order valence-electron chi connectivity index (χ3n) is 3.30. The molecule has 0 bridgehead atoms. The zero-order chi connectivity index (χ0) is 13.0. The molecule has 5 heteroatoms. The number of rotatable bonds is 5. The van der Waals surface area contributed by atoms with Crippen LogP contribution in [0.15, 0.2) is 29.0 Å². The zero-order valence-corrected chi connectivity index (χ0v) is 10.8. The summed E-state index contributed by atoms with van der Waals surface area (Å²) in [6, 6.07) is 3.89. The Kier molecular flexibility index (Phi) is 3.72. The fourth-order valence-electron chi connectivity index (χ4n) is 1.64. The molecule has 0 amide bonds. The Hall–Kier alpha value is -1.75. The Morgan fingerprint density at radius 1 is 1.44 bits per heavy atom. The van der Waals surface area contributed by atoms with Crippen molar-refractivity contribution in [2.45, 2.75) is 32.1 Å². The van der Waals surface area contributed by atoms with E-state index >= 15 is 0 Å². The van der Waals surface area contributed by atoms with E-state index < -0.39 is 0 Å². The lowest BCUT2D eigenvalue weighted by Crippen LogP contribution is -2.31. The van der Waals surface area contributed by atoms with Crippen LogP contribution in [0.5, 0.6) is 0 Å². The molecule has 2 rings (SSSR count). The topological polar surface area (TPSA) is 77.8 Å². The van der Waals surface area contributed by atoms with Gasteiger partial charge in [-0.3, -0.25) is 4.98 Å². The number of aromatic nitrogens is 3. The van der Waals surface area contributed by atoms with E-state index in [9.17, 15) is 0 Å². The van der Waals surface area contributed by atoms with Gasteiger partial charge in [-0.25, -0.2) is 0 Å². The van der Waals surface area contributed by atoms with Gasteiger partial charge in [0.2, 0.25) is 5.89 Å². The average Bonchev–Trinajstić information content (AvgIpc) is 2.88. The Morgan fingerprint density at radius 3 is 2.89 bits per heavy atom. The fourth-order valence-corrected chi connectivity index (χ4v) is 1.64. The summed E-state index contributed by atoms with van der Waals surface area (Å²) < 4.78 is 5.32. The maximum absolute atomic E-state index is 5.77. The van der Waals surface area contributed by atoms with E-state index in [1.165, 1.54) is 0 Å². The van der Waals surface area contributed by atoms with Gasteiger partial charge in [0.15, 0.2) is 5.82 Å². The Labute approximate surface area is 106 Å². The molecule has 0 radical (unpaired) electrons. The van der Waals surface area contributed by atoms with Crippen LogP contribution in [0.25, 0.3) is 0 Å². The van der Waals surface area contributed by atoms with Crippen LogP contribution in [0.4, 0.5) is 0 Å². The molecule has 2 N–H and O–H groups in total. The minimum atomic E-state index is -0.236. The van der Waals surface area contributed by atoms with Crippen molar-refractivity contribution in [3.63, 3.8) is 0 Å². The molecule has 0 aliphatic heterocycles. The number of nitrogens with zero attached hydrogens (tertiary/aromatic N) is 3. The summed E-state index contributed by atoms with van der Waals surface area (Å²) in [6.07, 6.45) is 5.05. The van der Waals surface area contributed by atoms with Crippen LogP contribution >= 0.6 is 0 Å². The molecular formula is C13H18N4O. The van der Waals surface area contributed by atoms with Crippen molar-refractivity contribution >= 4 is 0 Å². The number of hydrogen-bond acceptors (Lipinski definition) is 5. The zero-order valence-electron chi connectivity index (χ0n) is 10.8. The largest absolute Gasteiger partial charge is 0.339 e. The van der Waals surface area contributed by atoms with Crippen molar-refractivity contribution in [2.75, 3.05) is 6.54 Å². The Morgan fingerprint density at radius 2 is 2.28 bits per heavy atom. The minimum absolute atomic E-state index is 0.236. The second-order valence-electron chi connectivity index (χ2n) is 4.67. The highest BCUT2D eigenvalue weighted by atomic mass is 16.5. The number of hydrogen-bond donors (Lipinski definition) is 1. The van der Waals surface area contributed by atoms with Gasteiger partial charge in [0.25, 0.3) is 0 Å². The number of pyridine rings is 1. The van der Waals surface area contributed by atoms with Gasteiger partial charge in [-0.05, 0) is 25.0 Å². The van der Waals surface area contributed by atoms with Gasteiger partial charge in [0, 0.05) is 25.4 Å². The summed E-state index contributed by atoms with van der Waals surface area (Å²) in [7, 11) is 0. The molecule has 5 nitrogen and oxygen atoms in total. The van der Waals surface area contributed by atoms with E-state index in [-0.39, 0.29) is 5.41 Å². The Bertz CT molecular complexity index is 491. The summed E-state index contributed by atoms with van der Waals surface area (Å²) >= 11 is 0. The van der Waals surface area contributed by atoms with E-state index in [0.29, 0.717) is 24.7 Å². The number of nitrogens with two attached hydrogens (primary N) is 1. The molecule has 2 aromatic heterocycles. The van der Waals surface area contributed by atoms with Crippen LogP contribution in [0.3, 0.4) is 0 Å². The van der Waals surface area contributed by atoms with Crippen LogP contribution in [0.1, 0.15) is 37.5 Å². The van der Waals surface area contributed by atoms with Gasteiger partial charge >= 0.3 is 0 Å². The predicted molar refractivity (Wildman–Crippen MR) is 68.0 cm³/mol. The van der Waals surface area contributed by atoms with Crippen molar-refractivity contribution < 1.29 is 4.52 Å². The standard InChI is InChI=1S/C13H18N4O/c1-3-13(2,9-14)12-16-11(17-18-12)7-10-5-4-6-15-8-10/h4-6,8H,3,7,9,14H2,1-2H3. The minimum Gasteiger partial charge on any atom is -0.339 e. The third kappa shape index (κ3) is 2.56. The highest BCUT2D eigenvalue weighted by molar-refractivity contribution is 5.14. The lowest BCUT2D eigenvalue weighted by Gasteiger charge is -2.20. The molecule has 1 atom stereocenters. The van der Waals surface area contributed by atoms with Gasteiger partial charge in [0.05, 0.1) is 5.41 Å². The summed E-state index contributed by atoms with van der Waals surface area (Å²) in [6.45, 7) is 4.60. The molecule has 18 heavy (non-hydrogen) atoms. The lowest BCUT2D eigenvalue weighted by atomic mass is 9.88. The van der Waals surface area contributed by atoms with Crippen LogP contribution < -0.4 is 5.73 Å². The molecule has 0 aliphatic rings. The SMILES string of the molecule is CCC(C)(CN)c1nc(Cc2cccnc2)no1. The molecule has 2 heterocycles. The van der Waals surface area contributed by atoms with Crippen molar-refractivity contribution in [1.29, 1.82) is 0 Å². The van der Waals surface area contributed by atoms with Gasteiger partial charge in [-0.1, -0.05) is 18.1 Å². The maximum Gasteiger partial charge on any atom is 0.233 e. The maximum atomic E-state index is 5.77. The first kappa shape index (κ1) is 12.7. The van der Waals surface area contributed by atoms with Crippen molar-refractivity contribution in [3.05, 3.63) is 41.8 Å². The van der Waals surface area contributed by atoms with E-state index in [1.54, 1.807) is 12.4 Å². The predicted octanol–water partition coefficient (Wildman–Crippen LogP) is 1.68. The molecule has 0 aromatic carbocycles. The quantitative estimate of drug-likeness (QED) is 0.868. The molecule has 0 aliphatic carbocycles. The van der Waals surface area contributed by atoms with E-state index in [1.807, 2.05) is 19.1 Å². The van der Waals surface area contributed by atoms with Gasteiger partial charge in [0.1, 0.15) is 0 Å².